The largest absolute Gasteiger partial charge is 0.378 e. The summed E-state index contributed by atoms with van der Waals surface area (Å²) < 4.78 is 5.63. The Kier molecular flexibility index (Phi) is 5.73. The Balaban J connectivity index is 2.42. The van der Waals surface area contributed by atoms with Crippen LogP contribution in [0.1, 0.15) is 39.5 Å². The van der Waals surface area contributed by atoms with Gasteiger partial charge in [-0.3, -0.25) is 0 Å². The van der Waals surface area contributed by atoms with E-state index >= 15 is 0 Å². The molecule has 0 bridgehead atoms. The lowest BCUT2D eigenvalue weighted by atomic mass is 9.76. The Morgan fingerprint density at radius 2 is 2.00 bits per heavy atom. The lowest BCUT2D eigenvalue weighted by Crippen LogP contribution is -2.32. The Bertz CT molecular complexity index is 172. The Morgan fingerprint density at radius 1 is 1.33 bits per heavy atom. The average Bonchev–Trinajstić information content (AvgIpc) is 2.72. The molecule has 0 spiro atoms. The molecule has 15 heavy (non-hydrogen) atoms. The van der Waals surface area contributed by atoms with Gasteiger partial charge in [-0.15, -0.1) is 23.2 Å². The van der Waals surface area contributed by atoms with E-state index in [4.69, 9.17) is 27.9 Å². The number of ether oxygens (including phenoxy) is 1. The minimum atomic E-state index is 0.0923. The van der Waals surface area contributed by atoms with Crippen molar-refractivity contribution >= 4 is 23.2 Å². The van der Waals surface area contributed by atoms with E-state index in [2.05, 4.69) is 13.8 Å². The summed E-state index contributed by atoms with van der Waals surface area (Å²) in [4.78, 5) is 0. The van der Waals surface area contributed by atoms with Crippen LogP contribution in [0.2, 0.25) is 0 Å². The van der Waals surface area contributed by atoms with Gasteiger partial charge < -0.3 is 4.74 Å². The maximum Gasteiger partial charge on any atom is 0.0576 e. The van der Waals surface area contributed by atoms with Gasteiger partial charge in [-0.25, -0.2) is 0 Å². The van der Waals surface area contributed by atoms with Gasteiger partial charge in [0, 0.05) is 18.4 Å². The van der Waals surface area contributed by atoms with E-state index in [1.807, 2.05) is 0 Å². The third-order valence-corrected chi connectivity index (χ3v) is 4.81. The maximum absolute atomic E-state index is 6.08. The summed E-state index contributed by atoms with van der Waals surface area (Å²) in [5.41, 5.74) is 0.0923. The van der Waals surface area contributed by atoms with Crippen LogP contribution in [0.5, 0.6) is 0 Å². The SMILES string of the molecule is CC(C)C(CCl)(CCl)CCC1CCCO1. The van der Waals surface area contributed by atoms with Gasteiger partial charge in [0.15, 0.2) is 0 Å². The van der Waals surface area contributed by atoms with E-state index in [9.17, 15) is 0 Å². The third-order valence-electron chi connectivity index (χ3n) is 3.75. The van der Waals surface area contributed by atoms with Crippen molar-refractivity contribution in [2.45, 2.75) is 45.6 Å². The number of hydrogen-bond donors (Lipinski definition) is 0. The van der Waals surface area contributed by atoms with Crippen molar-refractivity contribution in [1.82, 2.24) is 0 Å². The molecule has 3 heteroatoms. The summed E-state index contributed by atoms with van der Waals surface area (Å²) in [5, 5.41) is 0. The highest BCUT2D eigenvalue weighted by atomic mass is 35.5. The van der Waals surface area contributed by atoms with E-state index in [0.717, 1.165) is 19.4 Å². The van der Waals surface area contributed by atoms with Crippen LogP contribution in [0.15, 0.2) is 0 Å². The molecule has 1 atom stereocenters. The molecule has 1 fully saturated rings. The van der Waals surface area contributed by atoms with Gasteiger partial charge in [-0.2, -0.15) is 0 Å². The summed E-state index contributed by atoms with van der Waals surface area (Å²) in [6.07, 6.45) is 5.06. The third kappa shape index (κ3) is 3.51. The smallest absolute Gasteiger partial charge is 0.0576 e. The van der Waals surface area contributed by atoms with Crippen molar-refractivity contribution in [2.75, 3.05) is 18.4 Å². The normalized spacial score (nSPS) is 22.6. The highest BCUT2D eigenvalue weighted by Crippen LogP contribution is 2.37. The van der Waals surface area contributed by atoms with Crippen LogP contribution in [0.3, 0.4) is 0 Å². The topological polar surface area (TPSA) is 9.23 Å². The number of hydrogen-bond acceptors (Lipinski definition) is 1. The fourth-order valence-corrected chi connectivity index (χ4v) is 3.26. The summed E-state index contributed by atoms with van der Waals surface area (Å²) in [6, 6.07) is 0. The van der Waals surface area contributed by atoms with Gasteiger partial charge in [0.25, 0.3) is 0 Å². The first kappa shape index (κ1) is 13.6. The average molecular weight is 253 g/mol. The minimum Gasteiger partial charge on any atom is -0.378 e. The summed E-state index contributed by atoms with van der Waals surface area (Å²) in [7, 11) is 0. The van der Waals surface area contributed by atoms with Crippen LogP contribution in [-0.2, 0) is 4.74 Å². The highest BCUT2D eigenvalue weighted by Gasteiger charge is 2.33. The number of halogens is 2. The molecule has 0 radical (unpaired) electrons. The van der Waals surface area contributed by atoms with E-state index in [1.54, 1.807) is 0 Å². The molecule has 0 N–H and O–H groups in total. The zero-order chi connectivity index (χ0) is 11.3. The predicted octanol–water partition coefficient (Wildman–Crippen LogP) is 4.07. The van der Waals surface area contributed by atoms with E-state index in [0.29, 0.717) is 23.8 Å². The van der Waals surface area contributed by atoms with Crippen LogP contribution in [0, 0.1) is 11.3 Å². The van der Waals surface area contributed by atoms with E-state index < -0.39 is 0 Å². The van der Waals surface area contributed by atoms with Crippen molar-refractivity contribution in [3.05, 3.63) is 0 Å². The quantitative estimate of drug-likeness (QED) is 0.648. The molecule has 1 rings (SSSR count). The standard InChI is InChI=1S/C12H22Cl2O/c1-10(2)12(8-13,9-14)6-5-11-4-3-7-15-11/h10-11H,3-9H2,1-2H3. The summed E-state index contributed by atoms with van der Waals surface area (Å²) >= 11 is 12.2. The van der Waals surface area contributed by atoms with Gasteiger partial charge in [0.1, 0.15) is 0 Å². The Hall–Kier alpha value is 0.540. The lowest BCUT2D eigenvalue weighted by Gasteiger charge is -2.34. The summed E-state index contributed by atoms with van der Waals surface area (Å²) in [6.45, 7) is 5.35. The van der Waals surface area contributed by atoms with Gasteiger partial charge in [0.05, 0.1) is 6.10 Å². The van der Waals surface area contributed by atoms with E-state index in [1.165, 1.54) is 12.8 Å². The van der Waals surface area contributed by atoms with E-state index in [-0.39, 0.29) is 5.41 Å². The number of rotatable bonds is 6. The molecule has 1 saturated heterocycles. The summed E-state index contributed by atoms with van der Waals surface area (Å²) in [5.74, 6) is 1.84. The zero-order valence-corrected chi connectivity index (χ0v) is 11.3. The second-order valence-electron chi connectivity index (χ2n) is 4.96. The molecule has 0 aromatic carbocycles. The molecule has 0 amide bonds. The molecular formula is C12H22Cl2O. The van der Waals surface area contributed by atoms with Crippen LogP contribution < -0.4 is 0 Å². The molecule has 1 aliphatic heterocycles. The van der Waals surface area contributed by atoms with Crippen LogP contribution >= 0.6 is 23.2 Å². The van der Waals surface area contributed by atoms with Crippen molar-refractivity contribution in [1.29, 1.82) is 0 Å². The first-order chi connectivity index (χ1) is 7.14. The van der Waals surface area contributed by atoms with Gasteiger partial charge in [0.2, 0.25) is 0 Å². The molecule has 0 aliphatic carbocycles. The van der Waals surface area contributed by atoms with Crippen molar-refractivity contribution in [3.63, 3.8) is 0 Å². The van der Waals surface area contributed by atoms with Crippen LogP contribution in [0.4, 0.5) is 0 Å². The number of alkyl halides is 2. The maximum atomic E-state index is 6.08. The fraction of sp³-hybridized carbons (Fsp3) is 1.00. The second kappa shape index (κ2) is 6.32. The molecule has 1 unspecified atom stereocenters. The predicted molar refractivity (Wildman–Crippen MR) is 66.9 cm³/mol. The first-order valence-electron chi connectivity index (χ1n) is 5.88. The van der Waals surface area contributed by atoms with Crippen molar-refractivity contribution < 1.29 is 4.74 Å². The van der Waals surface area contributed by atoms with Crippen molar-refractivity contribution in [3.8, 4) is 0 Å². The highest BCUT2D eigenvalue weighted by molar-refractivity contribution is 6.21. The lowest BCUT2D eigenvalue weighted by molar-refractivity contribution is 0.0859. The Labute approximate surface area is 103 Å². The van der Waals surface area contributed by atoms with Gasteiger partial charge in [-0.05, 0) is 37.0 Å². The molecule has 90 valence electrons. The molecule has 1 aliphatic rings. The Morgan fingerprint density at radius 3 is 2.40 bits per heavy atom. The molecule has 1 nitrogen and oxygen atoms in total. The molecule has 0 saturated carbocycles. The molecular weight excluding hydrogens is 231 g/mol. The molecule has 0 aromatic rings. The van der Waals surface area contributed by atoms with Crippen LogP contribution in [0.25, 0.3) is 0 Å². The molecule has 1 heterocycles. The van der Waals surface area contributed by atoms with Gasteiger partial charge >= 0.3 is 0 Å². The van der Waals surface area contributed by atoms with Crippen LogP contribution in [-0.4, -0.2) is 24.5 Å². The molecule has 0 aromatic heterocycles. The van der Waals surface area contributed by atoms with Crippen molar-refractivity contribution in [2.24, 2.45) is 11.3 Å². The zero-order valence-electron chi connectivity index (χ0n) is 9.77. The monoisotopic (exact) mass is 252 g/mol. The first-order valence-corrected chi connectivity index (χ1v) is 6.95. The second-order valence-corrected chi connectivity index (χ2v) is 5.49. The minimum absolute atomic E-state index is 0.0923. The fourth-order valence-electron chi connectivity index (χ4n) is 2.09. The van der Waals surface area contributed by atoms with Gasteiger partial charge in [-0.1, -0.05) is 13.8 Å².